The Morgan fingerprint density at radius 3 is 2.53 bits per heavy atom. The molecule has 4 heteroatoms. The van der Waals surface area contributed by atoms with Crippen LogP contribution in [0.4, 0.5) is 0 Å². The van der Waals surface area contributed by atoms with Crippen molar-refractivity contribution >= 4 is 23.2 Å². The minimum Gasteiger partial charge on any atom is -0.239 e. The van der Waals surface area contributed by atoms with Crippen LogP contribution in [0, 0.1) is 0 Å². The fraction of sp³-hybridized carbons (Fsp3) is 0. The van der Waals surface area contributed by atoms with Crippen LogP contribution < -0.4 is 0 Å². The second-order valence-corrected chi connectivity index (χ2v) is 4.98. The lowest BCUT2D eigenvalue weighted by Crippen LogP contribution is -1.94. The molecule has 0 N–H and O–H groups in total. The quantitative estimate of drug-likeness (QED) is 0.659. The highest BCUT2D eigenvalue weighted by molar-refractivity contribution is 6.32. The largest absolute Gasteiger partial charge is 0.239 e. The highest BCUT2D eigenvalue weighted by atomic mass is 35.5. The van der Waals surface area contributed by atoms with E-state index in [4.69, 9.17) is 23.2 Å². The molecule has 0 saturated heterocycles. The first-order chi connectivity index (χ1) is 9.24. The lowest BCUT2D eigenvalue weighted by atomic mass is 10.1. The summed E-state index contributed by atoms with van der Waals surface area (Å²) in [5.74, 6) is 0. The van der Waals surface area contributed by atoms with E-state index in [0.29, 0.717) is 10.0 Å². The summed E-state index contributed by atoms with van der Waals surface area (Å²) in [5, 5.41) is 5.72. The van der Waals surface area contributed by atoms with Gasteiger partial charge in [-0.05, 0) is 29.8 Å². The Kier molecular flexibility index (Phi) is 3.28. The van der Waals surface area contributed by atoms with E-state index in [9.17, 15) is 0 Å². The number of para-hydroxylation sites is 1. The molecule has 0 unspecified atom stereocenters. The number of rotatable bonds is 2. The van der Waals surface area contributed by atoms with Crippen LogP contribution in [0.25, 0.3) is 16.8 Å². The van der Waals surface area contributed by atoms with Gasteiger partial charge in [0.15, 0.2) is 0 Å². The maximum atomic E-state index is 6.16. The zero-order valence-electron chi connectivity index (χ0n) is 9.92. The van der Waals surface area contributed by atoms with Crippen molar-refractivity contribution in [3.05, 3.63) is 71.0 Å². The first-order valence-electron chi connectivity index (χ1n) is 5.79. The van der Waals surface area contributed by atoms with Crippen LogP contribution in [0.15, 0.2) is 60.9 Å². The van der Waals surface area contributed by atoms with Gasteiger partial charge >= 0.3 is 0 Å². The Balaban J connectivity index is 2.03. The summed E-state index contributed by atoms with van der Waals surface area (Å²) >= 11 is 12.2. The molecule has 0 aliphatic heterocycles. The zero-order valence-corrected chi connectivity index (χ0v) is 11.4. The van der Waals surface area contributed by atoms with Crippen LogP contribution in [-0.2, 0) is 0 Å². The Hall–Kier alpha value is -1.77. The predicted octanol–water partition coefficient (Wildman–Crippen LogP) is 4.85. The minimum atomic E-state index is 0.670. The van der Waals surface area contributed by atoms with Crippen molar-refractivity contribution in [3.63, 3.8) is 0 Å². The fourth-order valence-electron chi connectivity index (χ4n) is 1.91. The molecule has 0 bridgehead atoms. The maximum absolute atomic E-state index is 6.16. The van der Waals surface area contributed by atoms with Crippen molar-refractivity contribution in [2.24, 2.45) is 0 Å². The molecule has 2 nitrogen and oxygen atoms in total. The van der Waals surface area contributed by atoms with Gasteiger partial charge in [-0.2, -0.15) is 5.10 Å². The smallest absolute Gasteiger partial charge is 0.0831 e. The lowest BCUT2D eigenvalue weighted by molar-refractivity contribution is 0.881. The van der Waals surface area contributed by atoms with E-state index in [0.717, 1.165) is 16.8 Å². The van der Waals surface area contributed by atoms with Crippen LogP contribution in [0.3, 0.4) is 0 Å². The van der Waals surface area contributed by atoms with Crippen molar-refractivity contribution in [2.75, 3.05) is 0 Å². The van der Waals surface area contributed by atoms with Gasteiger partial charge in [0.05, 0.1) is 16.9 Å². The number of aromatic nitrogens is 2. The first-order valence-corrected chi connectivity index (χ1v) is 6.55. The number of benzene rings is 2. The minimum absolute atomic E-state index is 0.670. The van der Waals surface area contributed by atoms with E-state index in [1.807, 2.05) is 54.7 Å². The second kappa shape index (κ2) is 5.08. The molecule has 0 atom stereocenters. The molecule has 0 saturated carbocycles. The van der Waals surface area contributed by atoms with Gasteiger partial charge < -0.3 is 0 Å². The third kappa shape index (κ3) is 2.50. The summed E-state index contributed by atoms with van der Waals surface area (Å²) in [6.45, 7) is 0. The molecule has 0 aliphatic rings. The molecule has 3 aromatic rings. The standard InChI is InChI=1S/C15H10Cl2N2/c16-13-5-3-4-11(8-13)12-9-18-19(10-12)15-7-2-1-6-14(15)17/h1-10H. The van der Waals surface area contributed by atoms with Gasteiger partial charge in [-0.15, -0.1) is 0 Å². The third-order valence-corrected chi connectivity index (χ3v) is 3.39. The van der Waals surface area contributed by atoms with E-state index in [1.165, 1.54) is 0 Å². The summed E-state index contributed by atoms with van der Waals surface area (Å²) < 4.78 is 1.76. The van der Waals surface area contributed by atoms with Crippen LogP contribution >= 0.6 is 23.2 Å². The molecule has 0 amide bonds. The average molecular weight is 289 g/mol. The number of hydrogen-bond donors (Lipinski definition) is 0. The monoisotopic (exact) mass is 288 g/mol. The Bertz CT molecular complexity index is 719. The van der Waals surface area contributed by atoms with E-state index in [2.05, 4.69) is 5.10 Å². The molecule has 0 fully saturated rings. The Morgan fingerprint density at radius 2 is 1.74 bits per heavy atom. The summed E-state index contributed by atoms with van der Waals surface area (Å²) in [4.78, 5) is 0. The number of halogens is 2. The zero-order chi connectivity index (χ0) is 13.2. The van der Waals surface area contributed by atoms with Crippen LogP contribution in [0.2, 0.25) is 10.0 Å². The van der Waals surface area contributed by atoms with E-state index < -0.39 is 0 Å². The normalized spacial score (nSPS) is 10.6. The van der Waals surface area contributed by atoms with E-state index >= 15 is 0 Å². The van der Waals surface area contributed by atoms with E-state index in [1.54, 1.807) is 10.9 Å². The molecule has 1 aromatic heterocycles. The summed E-state index contributed by atoms with van der Waals surface area (Å²) in [7, 11) is 0. The topological polar surface area (TPSA) is 17.8 Å². The predicted molar refractivity (Wildman–Crippen MR) is 79.0 cm³/mol. The molecule has 19 heavy (non-hydrogen) atoms. The average Bonchev–Trinajstić information content (AvgIpc) is 2.89. The van der Waals surface area contributed by atoms with Crippen molar-refractivity contribution in [1.29, 1.82) is 0 Å². The van der Waals surface area contributed by atoms with Gasteiger partial charge in [0, 0.05) is 16.8 Å². The molecule has 0 spiro atoms. The molecule has 1 heterocycles. The van der Waals surface area contributed by atoms with Gasteiger partial charge in [-0.25, -0.2) is 4.68 Å². The molecular weight excluding hydrogens is 279 g/mol. The van der Waals surface area contributed by atoms with Crippen molar-refractivity contribution in [3.8, 4) is 16.8 Å². The van der Waals surface area contributed by atoms with Gasteiger partial charge in [-0.3, -0.25) is 0 Å². The van der Waals surface area contributed by atoms with Crippen molar-refractivity contribution in [1.82, 2.24) is 9.78 Å². The molecule has 3 rings (SSSR count). The maximum Gasteiger partial charge on any atom is 0.0831 e. The van der Waals surface area contributed by atoms with Gasteiger partial charge in [0.2, 0.25) is 0 Å². The molecule has 0 radical (unpaired) electrons. The SMILES string of the molecule is Clc1cccc(-c2cnn(-c3ccccc3Cl)c2)c1. The van der Waals surface area contributed by atoms with Crippen LogP contribution in [0.1, 0.15) is 0 Å². The van der Waals surface area contributed by atoms with Crippen LogP contribution in [0.5, 0.6) is 0 Å². The second-order valence-electron chi connectivity index (χ2n) is 4.14. The van der Waals surface area contributed by atoms with Gasteiger partial charge in [0.1, 0.15) is 0 Å². The highest BCUT2D eigenvalue weighted by Gasteiger charge is 2.06. The van der Waals surface area contributed by atoms with E-state index in [-0.39, 0.29) is 0 Å². The molecule has 94 valence electrons. The van der Waals surface area contributed by atoms with Crippen molar-refractivity contribution in [2.45, 2.75) is 0 Å². The van der Waals surface area contributed by atoms with Gasteiger partial charge in [0.25, 0.3) is 0 Å². The Morgan fingerprint density at radius 1 is 0.895 bits per heavy atom. The summed E-state index contributed by atoms with van der Waals surface area (Å²) in [6.07, 6.45) is 3.74. The molecule has 0 aliphatic carbocycles. The molecule has 2 aromatic carbocycles. The molecular formula is C15H10Cl2N2. The van der Waals surface area contributed by atoms with Gasteiger partial charge in [-0.1, -0.05) is 47.5 Å². The third-order valence-electron chi connectivity index (χ3n) is 2.84. The fourth-order valence-corrected chi connectivity index (χ4v) is 2.32. The highest BCUT2D eigenvalue weighted by Crippen LogP contribution is 2.25. The first kappa shape index (κ1) is 12.3. The number of hydrogen-bond acceptors (Lipinski definition) is 1. The van der Waals surface area contributed by atoms with Crippen LogP contribution in [-0.4, -0.2) is 9.78 Å². The summed E-state index contributed by atoms with van der Waals surface area (Å²) in [6, 6.07) is 15.3. The lowest BCUT2D eigenvalue weighted by Gasteiger charge is -2.03. The summed E-state index contributed by atoms with van der Waals surface area (Å²) in [5.41, 5.74) is 2.89. The van der Waals surface area contributed by atoms with Crippen molar-refractivity contribution < 1.29 is 0 Å². The Labute approximate surface area is 121 Å². The number of nitrogens with zero attached hydrogens (tertiary/aromatic N) is 2.